The van der Waals surface area contributed by atoms with Gasteiger partial charge in [0.15, 0.2) is 0 Å². The Hall–Kier alpha value is -3.15. The highest BCUT2D eigenvalue weighted by Crippen LogP contribution is 2.19. The first kappa shape index (κ1) is 20.2. The molecule has 0 atom stereocenters. The van der Waals surface area contributed by atoms with Crippen LogP contribution in [0.4, 0.5) is 5.69 Å². The smallest absolute Gasteiger partial charge is 0.335 e. The van der Waals surface area contributed by atoms with Gasteiger partial charge in [0.2, 0.25) is 11.8 Å². The molecule has 2 N–H and O–H groups in total. The van der Waals surface area contributed by atoms with Crippen molar-refractivity contribution in [2.45, 2.75) is 27.2 Å². The maximum atomic E-state index is 12.5. The lowest BCUT2D eigenvalue weighted by Crippen LogP contribution is -2.38. The van der Waals surface area contributed by atoms with Gasteiger partial charge in [-0.05, 0) is 49.6 Å². The SMILES string of the molecule is CCN(CC(=O)Nc1c(C)cccc1C)C(=O)Cc1ccc(C(=O)O)cc1. The number of rotatable bonds is 7. The molecule has 6 nitrogen and oxygen atoms in total. The number of carbonyl (C=O) groups is 3. The van der Waals surface area contributed by atoms with Gasteiger partial charge in [0.05, 0.1) is 18.5 Å². The van der Waals surface area contributed by atoms with Gasteiger partial charge in [-0.15, -0.1) is 0 Å². The van der Waals surface area contributed by atoms with E-state index in [1.807, 2.05) is 39.0 Å². The summed E-state index contributed by atoms with van der Waals surface area (Å²) in [4.78, 5) is 37.3. The predicted molar refractivity (Wildman–Crippen MR) is 104 cm³/mol. The number of carboxylic acid groups (broad SMARTS) is 1. The van der Waals surface area contributed by atoms with Gasteiger partial charge < -0.3 is 15.3 Å². The number of amides is 2. The molecule has 0 saturated heterocycles. The van der Waals surface area contributed by atoms with Gasteiger partial charge in [0, 0.05) is 12.2 Å². The lowest BCUT2D eigenvalue weighted by molar-refractivity contribution is -0.133. The van der Waals surface area contributed by atoms with Crippen molar-refractivity contribution >= 4 is 23.5 Å². The van der Waals surface area contributed by atoms with E-state index in [9.17, 15) is 14.4 Å². The van der Waals surface area contributed by atoms with Crippen LogP contribution < -0.4 is 5.32 Å². The topological polar surface area (TPSA) is 86.7 Å². The number of hydrogen-bond donors (Lipinski definition) is 2. The highest BCUT2D eigenvalue weighted by molar-refractivity contribution is 5.96. The first-order valence-corrected chi connectivity index (χ1v) is 8.78. The number of carboxylic acids is 1. The molecule has 6 heteroatoms. The molecule has 0 spiro atoms. The van der Waals surface area contributed by atoms with Crippen molar-refractivity contribution in [3.63, 3.8) is 0 Å². The lowest BCUT2D eigenvalue weighted by atomic mass is 10.1. The van der Waals surface area contributed by atoms with Crippen LogP contribution >= 0.6 is 0 Å². The minimum Gasteiger partial charge on any atom is -0.478 e. The van der Waals surface area contributed by atoms with Crippen LogP contribution in [0.5, 0.6) is 0 Å². The molecule has 0 unspecified atom stereocenters. The number of carbonyl (C=O) groups excluding carboxylic acids is 2. The Morgan fingerprint density at radius 3 is 2.11 bits per heavy atom. The van der Waals surface area contributed by atoms with Crippen molar-refractivity contribution in [3.8, 4) is 0 Å². The van der Waals surface area contributed by atoms with Gasteiger partial charge >= 0.3 is 5.97 Å². The molecule has 0 fully saturated rings. The molecule has 142 valence electrons. The average Bonchev–Trinajstić information content (AvgIpc) is 2.63. The monoisotopic (exact) mass is 368 g/mol. The molecule has 0 aromatic heterocycles. The van der Waals surface area contributed by atoms with Crippen LogP contribution in [0, 0.1) is 13.8 Å². The fraction of sp³-hybridized carbons (Fsp3) is 0.286. The van der Waals surface area contributed by atoms with Crippen LogP contribution in [0.1, 0.15) is 34.0 Å². The highest BCUT2D eigenvalue weighted by atomic mass is 16.4. The lowest BCUT2D eigenvalue weighted by Gasteiger charge is -2.21. The zero-order chi connectivity index (χ0) is 20.0. The average molecular weight is 368 g/mol. The second-order valence-corrected chi connectivity index (χ2v) is 6.40. The highest BCUT2D eigenvalue weighted by Gasteiger charge is 2.17. The standard InChI is InChI=1S/C21H24N2O4/c1-4-23(13-18(24)22-20-14(2)6-5-7-15(20)3)19(25)12-16-8-10-17(11-9-16)21(26)27/h5-11H,4,12-13H2,1-3H3,(H,22,24)(H,26,27). The first-order valence-electron chi connectivity index (χ1n) is 8.78. The Bertz CT molecular complexity index is 824. The van der Waals surface area contributed by atoms with Crippen molar-refractivity contribution in [2.75, 3.05) is 18.4 Å². The number of para-hydroxylation sites is 1. The zero-order valence-electron chi connectivity index (χ0n) is 15.8. The predicted octanol–water partition coefficient (Wildman–Crippen LogP) is 3.03. The van der Waals surface area contributed by atoms with Gasteiger partial charge in [-0.2, -0.15) is 0 Å². The van der Waals surface area contributed by atoms with Crippen LogP contribution in [0.25, 0.3) is 0 Å². The summed E-state index contributed by atoms with van der Waals surface area (Å²) in [6.45, 7) is 6.04. The molecule has 0 radical (unpaired) electrons. The van der Waals surface area contributed by atoms with Crippen molar-refractivity contribution in [1.29, 1.82) is 0 Å². The molecule has 2 rings (SSSR count). The second kappa shape index (κ2) is 8.98. The fourth-order valence-electron chi connectivity index (χ4n) is 2.79. The quantitative estimate of drug-likeness (QED) is 0.786. The minimum atomic E-state index is -1.01. The second-order valence-electron chi connectivity index (χ2n) is 6.40. The maximum Gasteiger partial charge on any atom is 0.335 e. The summed E-state index contributed by atoms with van der Waals surface area (Å²) in [5.41, 5.74) is 3.59. The largest absolute Gasteiger partial charge is 0.478 e. The molecule has 2 aromatic carbocycles. The summed E-state index contributed by atoms with van der Waals surface area (Å²) < 4.78 is 0. The third-order valence-electron chi connectivity index (χ3n) is 4.37. The van der Waals surface area contributed by atoms with E-state index in [-0.39, 0.29) is 30.3 Å². The van der Waals surface area contributed by atoms with Gasteiger partial charge in [0.1, 0.15) is 0 Å². The Labute approximate surface area is 158 Å². The van der Waals surface area contributed by atoms with Gasteiger partial charge in [-0.25, -0.2) is 4.79 Å². The number of aryl methyl sites for hydroxylation is 2. The molecular formula is C21H24N2O4. The Balaban J connectivity index is 2.00. The Morgan fingerprint density at radius 2 is 1.59 bits per heavy atom. The number of likely N-dealkylation sites (N-methyl/N-ethyl adjacent to an activating group) is 1. The van der Waals surface area contributed by atoms with E-state index in [1.54, 1.807) is 12.1 Å². The molecule has 2 amide bonds. The number of hydrogen-bond acceptors (Lipinski definition) is 3. The number of anilines is 1. The van der Waals surface area contributed by atoms with Crippen molar-refractivity contribution in [2.24, 2.45) is 0 Å². The van der Waals surface area contributed by atoms with Crippen LogP contribution in [0.2, 0.25) is 0 Å². The van der Waals surface area contributed by atoms with E-state index in [0.717, 1.165) is 16.8 Å². The summed E-state index contributed by atoms with van der Waals surface area (Å²) in [6, 6.07) is 11.9. The van der Waals surface area contributed by atoms with Gasteiger partial charge in [-0.3, -0.25) is 9.59 Å². The number of nitrogens with zero attached hydrogens (tertiary/aromatic N) is 1. The molecule has 0 aliphatic carbocycles. The van der Waals surface area contributed by atoms with Crippen LogP contribution in [0.15, 0.2) is 42.5 Å². The summed E-state index contributed by atoms with van der Waals surface area (Å²) >= 11 is 0. The summed E-state index contributed by atoms with van der Waals surface area (Å²) in [6.07, 6.45) is 0.115. The van der Waals surface area contributed by atoms with Gasteiger partial charge in [0.25, 0.3) is 0 Å². The van der Waals surface area contributed by atoms with Gasteiger partial charge in [-0.1, -0.05) is 30.3 Å². The number of nitrogens with one attached hydrogen (secondary N) is 1. The molecule has 0 bridgehead atoms. The summed E-state index contributed by atoms with van der Waals surface area (Å²) in [7, 11) is 0. The third kappa shape index (κ3) is 5.41. The summed E-state index contributed by atoms with van der Waals surface area (Å²) in [5.74, 6) is -1.44. The molecule has 0 heterocycles. The molecule has 27 heavy (non-hydrogen) atoms. The van der Waals surface area contributed by atoms with Crippen LogP contribution in [-0.2, 0) is 16.0 Å². The van der Waals surface area contributed by atoms with Crippen molar-refractivity contribution in [3.05, 3.63) is 64.7 Å². The van der Waals surface area contributed by atoms with Crippen LogP contribution in [-0.4, -0.2) is 40.9 Å². The first-order chi connectivity index (χ1) is 12.8. The van der Waals surface area contributed by atoms with E-state index < -0.39 is 5.97 Å². The van der Waals surface area contributed by atoms with E-state index in [2.05, 4.69) is 5.32 Å². The molecule has 0 aliphatic rings. The zero-order valence-corrected chi connectivity index (χ0v) is 15.8. The number of aromatic carboxylic acids is 1. The Kier molecular flexibility index (Phi) is 6.71. The normalized spacial score (nSPS) is 10.3. The molecule has 0 aliphatic heterocycles. The summed E-state index contributed by atoms with van der Waals surface area (Å²) in [5, 5.41) is 11.8. The maximum absolute atomic E-state index is 12.5. The Morgan fingerprint density at radius 1 is 1.00 bits per heavy atom. The fourth-order valence-corrected chi connectivity index (χ4v) is 2.79. The minimum absolute atomic E-state index is 0.0314. The van der Waals surface area contributed by atoms with Crippen molar-refractivity contribution in [1.82, 2.24) is 4.90 Å². The van der Waals surface area contributed by atoms with E-state index in [0.29, 0.717) is 12.1 Å². The van der Waals surface area contributed by atoms with Crippen molar-refractivity contribution < 1.29 is 19.5 Å². The van der Waals surface area contributed by atoms with E-state index in [1.165, 1.54) is 17.0 Å². The molecule has 0 saturated carbocycles. The number of benzene rings is 2. The molecule has 2 aromatic rings. The molecular weight excluding hydrogens is 344 g/mol. The third-order valence-corrected chi connectivity index (χ3v) is 4.37. The van der Waals surface area contributed by atoms with Crippen LogP contribution in [0.3, 0.4) is 0 Å². The van der Waals surface area contributed by atoms with E-state index in [4.69, 9.17) is 5.11 Å². The van der Waals surface area contributed by atoms with E-state index >= 15 is 0 Å².